The summed E-state index contributed by atoms with van der Waals surface area (Å²) in [5.74, 6) is 1.24. The highest BCUT2D eigenvalue weighted by Gasteiger charge is 2.29. The Morgan fingerprint density at radius 2 is 2.20 bits per heavy atom. The van der Waals surface area contributed by atoms with Crippen molar-refractivity contribution in [2.24, 2.45) is 5.73 Å². The molecule has 138 valence electrons. The summed E-state index contributed by atoms with van der Waals surface area (Å²) in [5.41, 5.74) is 5.89. The topological polar surface area (TPSA) is 103 Å². The zero-order valence-corrected chi connectivity index (χ0v) is 15.7. The number of nitrogens with two attached hydrogens (primary N) is 1. The summed E-state index contributed by atoms with van der Waals surface area (Å²) in [4.78, 5) is 16.6. The lowest BCUT2D eigenvalue weighted by atomic mass is 9.96. The fourth-order valence-electron chi connectivity index (χ4n) is 2.35. The lowest BCUT2D eigenvalue weighted by molar-refractivity contribution is -0.126. The van der Waals surface area contributed by atoms with Crippen molar-refractivity contribution in [2.75, 3.05) is 7.11 Å². The van der Waals surface area contributed by atoms with E-state index >= 15 is 0 Å². The van der Waals surface area contributed by atoms with Gasteiger partial charge in [-0.2, -0.15) is 4.98 Å². The maximum absolute atomic E-state index is 12.3. The zero-order chi connectivity index (χ0) is 17.7. The second-order valence-electron chi connectivity index (χ2n) is 6.05. The van der Waals surface area contributed by atoms with Gasteiger partial charge in [-0.05, 0) is 32.4 Å². The molecule has 0 bridgehead atoms. The fraction of sp³-hybridized carbons (Fsp3) is 0.471. The number of carbonyl (C=O) groups excluding carboxylic acids is 1. The Hall–Kier alpha value is -2.12. The molecule has 2 aromatic rings. The number of methoxy groups -OCH3 is 1. The third-order valence-corrected chi connectivity index (χ3v) is 3.78. The molecule has 0 aliphatic carbocycles. The molecule has 7 nitrogen and oxygen atoms in total. The van der Waals surface area contributed by atoms with E-state index in [1.807, 2.05) is 31.2 Å². The van der Waals surface area contributed by atoms with Gasteiger partial charge in [0.25, 0.3) is 0 Å². The van der Waals surface area contributed by atoms with E-state index in [9.17, 15) is 4.79 Å². The maximum Gasteiger partial charge on any atom is 0.249 e. The molecule has 0 aliphatic rings. The predicted molar refractivity (Wildman–Crippen MR) is 97.6 cm³/mol. The number of ether oxygens (including phenoxy) is 1. The van der Waals surface area contributed by atoms with Crippen LogP contribution in [0.2, 0.25) is 0 Å². The van der Waals surface area contributed by atoms with Crippen LogP contribution in [-0.4, -0.2) is 28.7 Å². The number of carbonyl (C=O) groups is 1. The Kier molecular flexibility index (Phi) is 7.38. The molecule has 1 aromatic heterocycles. The second-order valence-corrected chi connectivity index (χ2v) is 6.05. The summed E-state index contributed by atoms with van der Waals surface area (Å²) in [6, 6.07) is 6.93. The lowest BCUT2D eigenvalue weighted by Crippen LogP contribution is -2.52. The molecule has 0 saturated heterocycles. The normalized spacial score (nSPS) is 14.1. The van der Waals surface area contributed by atoms with Gasteiger partial charge in [-0.25, -0.2) is 0 Å². The average Bonchev–Trinajstić information content (AvgIpc) is 3.05. The van der Waals surface area contributed by atoms with E-state index in [1.165, 1.54) is 0 Å². The summed E-state index contributed by atoms with van der Waals surface area (Å²) < 4.78 is 10.5. The monoisotopic (exact) mass is 368 g/mol. The van der Waals surface area contributed by atoms with E-state index < -0.39 is 11.6 Å². The van der Waals surface area contributed by atoms with Crippen molar-refractivity contribution in [3.8, 4) is 17.1 Å². The van der Waals surface area contributed by atoms with Crippen molar-refractivity contribution >= 4 is 18.3 Å². The number of amides is 1. The second kappa shape index (κ2) is 8.82. The van der Waals surface area contributed by atoms with Gasteiger partial charge in [0.15, 0.2) is 0 Å². The molecule has 2 rings (SSSR count). The highest BCUT2D eigenvalue weighted by molar-refractivity contribution is 5.86. The number of rotatable bonds is 7. The first-order valence-electron chi connectivity index (χ1n) is 7.95. The Morgan fingerprint density at radius 3 is 2.84 bits per heavy atom. The van der Waals surface area contributed by atoms with Gasteiger partial charge in [0, 0.05) is 5.56 Å². The van der Waals surface area contributed by atoms with E-state index in [2.05, 4.69) is 15.5 Å². The summed E-state index contributed by atoms with van der Waals surface area (Å²) in [7, 11) is 1.60. The first-order valence-corrected chi connectivity index (χ1v) is 7.95. The molecule has 8 heteroatoms. The largest absolute Gasteiger partial charge is 0.497 e. The van der Waals surface area contributed by atoms with Crippen LogP contribution >= 0.6 is 12.4 Å². The highest BCUT2D eigenvalue weighted by Crippen LogP contribution is 2.23. The molecule has 1 aromatic carbocycles. The summed E-state index contributed by atoms with van der Waals surface area (Å²) in [5, 5.41) is 6.79. The van der Waals surface area contributed by atoms with Crippen LogP contribution in [0.5, 0.6) is 5.75 Å². The quantitative estimate of drug-likeness (QED) is 0.778. The van der Waals surface area contributed by atoms with E-state index in [4.69, 9.17) is 15.0 Å². The van der Waals surface area contributed by atoms with Crippen molar-refractivity contribution in [3.05, 3.63) is 30.2 Å². The van der Waals surface area contributed by atoms with Crippen LogP contribution in [0.1, 0.15) is 45.5 Å². The molecule has 0 aliphatic heterocycles. The maximum atomic E-state index is 12.3. The third-order valence-electron chi connectivity index (χ3n) is 3.78. The summed E-state index contributed by atoms with van der Waals surface area (Å²) in [6.45, 7) is 5.48. The molecule has 0 radical (unpaired) electrons. The van der Waals surface area contributed by atoms with Crippen molar-refractivity contribution in [1.29, 1.82) is 0 Å². The van der Waals surface area contributed by atoms with Gasteiger partial charge in [0.05, 0.1) is 12.6 Å². The Morgan fingerprint density at radius 1 is 1.48 bits per heavy atom. The highest BCUT2D eigenvalue weighted by atomic mass is 35.5. The molecule has 2 atom stereocenters. The molecule has 1 heterocycles. The molecule has 3 N–H and O–H groups in total. The number of hydrogen-bond donors (Lipinski definition) is 2. The Bertz CT molecular complexity index is 703. The van der Waals surface area contributed by atoms with Crippen LogP contribution in [0.25, 0.3) is 11.4 Å². The third kappa shape index (κ3) is 5.17. The molecule has 0 spiro atoms. The van der Waals surface area contributed by atoms with Crippen molar-refractivity contribution in [3.63, 3.8) is 0 Å². The van der Waals surface area contributed by atoms with Crippen LogP contribution in [-0.2, 0) is 4.79 Å². The molecule has 0 fully saturated rings. The number of nitrogens with one attached hydrogen (secondary N) is 1. The SMILES string of the molecule is CCCC(C)(N)C(=O)NC(C)c1nc(-c2cccc(OC)c2)no1.Cl. The minimum absolute atomic E-state index is 0. The van der Waals surface area contributed by atoms with E-state index in [0.717, 1.165) is 12.0 Å². The van der Waals surface area contributed by atoms with Crippen LogP contribution in [0.3, 0.4) is 0 Å². The average molecular weight is 369 g/mol. The minimum atomic E-state index is -0.918. The fourth-order valence-corrected chi connectivity index (χ4v) is 2.35. The van der Waals surface area contributed by atoms with Gasteiger partial charge in [0.1, 0.15) is 11.8 Å². The van der Waals surface area contributed by atoms with E-state index in [0.29, 0.717) is 23.9 Å². The smallest absolute Gasteiger partial charge is 0.249 e. The van der Waals surface area contributed by atoms with Crippen LogP contribution in [0.4, 0.5) is 0 Å². The number of benzene rings is 1. The van der Waals surface area contributed by atoms with E-state index in [-0.39, 0.29) is 18.3 Å². The molecular weight excluding hydrogens is 344 g/mol. The molecule has 0 saturated carbocycles. The number of halogens is 1. The van der Waals surface area contributed by atoms with Gasteiger partial charge in [-0.15, -0.1) is 12.4 Å². The zero-order valence-electron chi connectivity index (χ0n) is 14.9. The lowest BCUT2D eigenvalue weighted by Gasteiger charge is -2.24. The number of nitrogens with zero attached hydrogens (tertiary/aromatic N) is 2. The number of aromatic nitrogens is 2. The minimum Gasteiger partial charge on any atom is -0.497 e. The predicted octanol–water partition coefficient (Wildman–Crippen LogP) is 2.86. The van der Waals surface area contributed by atoms with Crippen LogP contribution in [0, 0.1) is 0 Å². The summed E-state index contributed by atoms with van der Waals surface area (Å²) >= 11 is 0. The van der Waals surface area contributed by atoms with Crippen molar-refractivity contribution in [2.45, 2.75) is 45.2 Å². The molecular formula is C17H25ClN4O3. The number of hydrogen-bond acceptors (Lipinski definition) is 6. The first kappa shape index (κ1) is 20.9. The van der Waals surface area contributed by atoms with Gasteiger partial charge < -0.3 is 20.3 Å². The van der Waals surface area contributed by atoms with Gasteiger partial charge in [-0.3, -0.25) is 4.79 Å². The van der Waals surface area contributed by atoms with Gasteiger partial charge in [0.2, 0.25) is 17.6 Å². The van der Waals surface area contributed by atoms with Crippen molar-refractivity contribution < 1.29 is 14.1 Å². The van der Waals surface area contributed by atoms with Gasteiger partial charge in [-0.1, -0.05) is 30.6 Å². The standard InChI is InChI=1S/C17H24N4O3.ClH/c1-5-9-17(3,18)16(22)19-11(2)15-20-14(21-24-15)12-7-6-8-13(10-12)23-4;/h6-8,10-11H,5,9,18H2,1-4H3,(H,19,22);1H. The van der Waals surface area contributed by atoms with Crippen molar-refractivity contribution in [1.82, 2.24) is 15.5 Å². The molecule has 2 unspecified atom stereocenters. The van der Waals surface area contributed by atoms with E-state index in [1.54, 1.807) is 21.0 Å². The molecule has 1 amide bonds. The van der Waals surface area contributed by atoms with Crippen LogP contribution < -0.4 is 15.8 Å². The Balaban J connectivity index is 0.00000312. The van der Waals surface area contributed by atoms with Gasteiger partial charge >= 0.3 is 0 Å². The Labute approximate surface area is 153 Å². The van der Waals surface area contributed by atoms with Crippen LogP contribution in [0.15, 0.2) is 28.8 Å². The summed E-state index contributed by atoms with van der Waals surface area (Å²) in [6.07, 6.45) is 1.43. The first-order chi connectivity index (χ1) is 11.4. The molecule has 25 heavy (non-hydrogen) atoms.